The molecule has 2 aromatic carbocycles. The van der Waals surface area contributed by atoms with Gasteiger partial charge >= 0.3 is 0 Å². The first-order chi connectivity index (χ1) is 13.1. The molecular weight excluding hydrogens is 358 g/mol. The molecule has 27 heavy (non-hydrogen) atoms. The third-order valence-corrected chi connectivity index (χ3v) is 4.91. The van der Waals surface area contributed by atoms with E-state index in [1.165, 1.54) is 0 Å². The molecule has 0 fully saturated rings. The number of pyridine rings is 1. The van der Waals surface area contributed by atoms with Gasteiger partial charge in [0, 0.05) is 16.7 Å². The summed E-state index contributed by atoms with van der Waals surface area (Å²) >= 11 is 1.16. The zero-order valence-corrected chi connectivity index (χ0v) is 15.5. The summed E-state index contributed by atoms with van der Waals surface area (Å²) in [5.74, 6) is 0.241. The van der Waals surface area contributed by atoms with Gasteiger partial charge in [-0.25, -0.2) is 4.98 Å². The van der Waals surface area contributed by atoms with Crippen molar-refractivity contribution in [3.8, 4) is 34.2 Å². The van der Waals surface area contributed by atoms with Crippen LogP contribution in [0.3, 0.4) is 0 Å². The standard InChI is InChI=1S/C21H17N3O2S/c1-26-19-10-6-5-9-15(19)16-11-18(14-7-3-2-4-8-14)24-21(17(16)12-22)27-13-20(23)25/h2-11H,13H2,1H3,(H2,23,25). The summed E-state index contributed by atoms with van der Waals surface area (Å²) in [5, 5.41) is 10.3. The molecule has 0 saturated heterocycles. The molecule has 1 heterocycles. The van der Waals surface area contributed by atoms with Gasteiger partial charge in [-0.1, -0.05) is 60.3 Å². The minimum atomic E-state index is -0.463. The molecule has 0 spiro atoms. The van der Waals surface area contributed by atoms with Gasteiger partial charge in [0.15, 0.2) is 0 Å². The number of thioether (sulfide) groups is 1. The van der Waals surface area contributed by atoms with Gasteiger partial charge in [-0.05, 0) is 12.1 Å². The number of ether oxygens (including phenoxy) is 1. The number of hydrogen-bond donors (Lipinski definition) is 1. The second kappa shape index (κ2) is 8.39. The Morgan fingerprint density at radius 2 is 1.85 bits per heavy atom. The Balaban J connectivity index is 2.25. The summed E-state index contributed by atoms with van der Waals surface area (Å²) in [6.45, 7) is 0. The highest BCUT2D eigenvalue weighted by Gasteiger charge is 2.18. The van der Waals surface area contributed by atoms with Crippen LogP contribution in [0.5, 0.6) is 5.75 Å². The van der Waals surface area contributed by atoms with Gasteiger partial charge in [0.05, 0.1) is 24.1 Å². The minimum absolute atomic E-state index is 0.0469. The molecule has 0 bridgehead atoms. The van der Waals surface area contributed by atoms with Crippen LogP contribution in [-0.2, 0) is 4.79 Å². The second-order valence-electron chi connectivity index (χ2n) is 5.67. The molecule has 2 N–H and O–H groups in total. The number of benzene rings is 2. The van der Waals surface area contributed by atoms with Crippen LogP contribution in [0.1, 0.15) is 5.56 Å². The number of aromatic nitrogens is 1. The van der Waals surface area contributed by atoms with Gasteiger partial charge in [-0.3, -0.25) is 4.79 Å². The van der Waals surface area contributed by atoms with E-state index in [2.05, 4.69) is 11.1 Å². The van der Waals surface area contributed by atoms with Crippen LogP contribution in [-0.4, -0.2) is 23.8 Å². The van der Waals surface area contributed by atoms with Crippen molar-refractivity contribution in [3.05, 3.63) is 66.2 Å². The molecule has 0 radical (unpaired) electrons. The van der Waals surface area contributed by atoms with Gasteiger partial charge < -0.3 is 10.5 Å². The maximum atomic E-state index is 11.3. The van der Waals surface area contributed by atoms with Crippen molar-refractivity contribution in [3.63, 3.8) is 0 Å². The van der Waals surface area contributed by atoms with Crippen molar-refractivity contribution in [2.75, 3.05) is 12.9 Å². The van der Waals surface area contributed by atoms with Gasteiger partial charge in [0.1, 0.15) is 16.8 Å². The van der Waals surface area contributed by atoms with E-state index in [9.17, 15) is 10.1 Å². The van der Waals surface area contributed by atoms with E-state index < -0.39 is 5.91 Å². The van der Waals surface area contributed by atoms with Gasteiger partial charge in [0.2, 0.25) is 5.91 Å². The smallest absolute Gasteiger partial charge is 0.227 e. The van der Waals surface area contributed by atoms with E-state index in [-0.39, 0.29) is 5.75 Å². The summed E-state index contributed by atoms with van der Waals surface area (Å²) in [6.07, 6.45) is 0. The monoisotopic (exact) mass is 375 g/mol. The summed E-state index contributed by atoms with van der Waals surface area (Å²) in [6, 6.07) is 21.3. The third-order valence-electron chi connectivity index (χ3n) is 3.92. The first-order valence-electron chi connectivity index (χ1n) is 8.19. The van der Waals surface area contributed by atoms with Crippen molar-refractivity contribution >= 4 is 17.7 Å². The fraction of sp³-hybridized carbons (Fsp3) is 0.0952. The van der Waals surface area contributed by atoms with Crippen LogP contribution in [0.15, 0.2) is 65.7 Å². The van der Waals surface area contributed by atoms with Crippen LogP contribution < -0.4 is 10.5 Å². The molecule has 1 amide bonds. The number of carbonyl (C=O) groups excluding carboxylic acids is 1. The molecule has 0 unspecified atom stereocenters. The molecule has 0 saturated carbocycles. The first-order valence-corrected chi connectivity index (χ1v) is 9.17. The Morgan fingerprint density at radius 1 is 1.15 bits per heavy atom. The Labute approximate surface area is 161 Å². The lowest BCUT2D eigenvalue weighted by molar-refractivity contribution is -0.115. The van der Waals surface area contributed by atoms with Crippen molar-refractivity contribution in [1.29, 1.82) is 5.26 Å². The maximum absolute atomic E-state index is 11.3. The topological polar surface area (TPSA) is 89.0 Å². The zero-order chi connectivity index (χ0) is 19.2. The van der Waals surface area contributed by atoms with E-state index in [4.69, 9.17) is 10.5 Å². The highest BCUT2D eigenvalue weighted by molar-refractivity contribution is 8.00. The quantitative estimate of drug-likeness (QED) is 0.661. The Hall–Kier alpha value is -3.30. The number of para-hydroxylation sites is 1. The highest BCUT2D eigenvalue weighted by Crippen LogP contribution is 2.37. The summed E-state index contributed by atoms with van der Waals surface area (Å²) in [4.78, 5) is 15.9. The molecule has 5 nitrogen and oxygen atoms in total. The Morgan fingerprint density at radius 3 is 2.52 bits per heavy atom. The Bertz CT molecular complexity index is 1010. The molecule has 3 rings (SSSR count). The van der Waals surface area contributed by atoms with E-state index in [0.29, 0.717) is 27.6 Å². The molecule has 0 aliphatic heterocycles. The molecule has 6 heteroatoms. The highest BCUT2D eigenvalue weighted by atomic mass is 32.2. The SMILES string of the molecule is COc1ccccc1-c1cc(-c2ccccc2)nc(SCC(N)=O)c1C#N. The maximum Gasteiger partial charge on any atom is 0.227 e. The van der Waals surface area contributed by atoms with E-state index in [1.54, 1.807) is 7.11 Å². The van der Waals surface area contributed by atoms with Crippen molar-refractivity contribution < 1.29 is 9.53 Å². The van der Waals surface area contributed by atoms with Crippen LogP contribution in [0.4, 0.5) is 0 Å². The fourth-order valence-corrected chi connectivity index (χ4v) is 3.45. The predicted octanol–water partition coefficient (Wildman–Crippen LogP) is 3.87. The van der Waals surface area contributed by atoms with Gasteiger partial charge in [-0.15, -0.1) is 0 Å². The number of nitriles is 1. The lowest BCUT2D eigenvalue weighted by atomic mass is 9.98. The van der Waals surface area contributed by atoms with Crippen molar-refractivity contribution in [2.45, 2.75) is 5.03 Å². The summed E-state index contributed by atoms with van der Waals surface area (Å²) in [7, 11) is 1.59. The first kappa shape index (κ1) is 18.5. The normalized spacial score (nSPS) is 10.2. The van der Waals surface area contributed by atoms with Crippen LogP contribution in [0, 0.1) is 11.3 Å². The lowest BCUT2D eigenvalue weighted by Gasteiger charge is -2.14. The molecule has 0 aliphatic rings. The summed E-state index contributed by atoms with van der Waals surface area (Å²) < 4.78 is 5.47. The number of nitrogens with two attached hydrogens (primary N) is 1. The molecular formula is C21H17N3O2S. The molecule has 0 atom stereocenters. The minimum Gasteiger partial charge on any atom is -0.496 e. The van der Waals surface area contributed by atoms with Gasteiger partial charge in [0.25, 0.3) is 0 Å². The van der Waals surface area contributed by atoms with Crippen LogP contribution in [0.25, 0.3) is 22.4 Å². The fourth-order valence-electron chi connectivity index (χ4n) is 2.71. The molecule has 0 aliphatic carbocycles. The van der Waals surface area contributed by atoms with Gasteiger partial charge in [-0.2, -0.15) is 5.26 Å². The number of methoxy groups -OCH3 is 1. The van der Waals surface area contributed by atoms with E-state index >= 15 is 0 Å². The molecule has 1 aromatic heterocycles. The number of hydrogen-bond acceptors (Lipinski definition) is 5. The lowest BCUT2D eigenvalue weighted by Crippen LogP contribution is -2.13. The van der Waals surface area contributed by atoms with E-state index in [0.717, 1.165) is 22.9 Å². The average molecular weight is 375 g/mol. The van der Waals surface area contributed by atoms with Crippen LogP contribution >= 0.6 is 11.8 Å². The van der Waals surface area contributed by atoms with Crippen molar-refractivity contribution in [1.82, 2.24) is 4.98 Å². The predicted molar refractivity (Wildman–Crippen MR) is 106 cm³/mol. The Kier molecular flexibility index (Phi) is 5.74. The third kappa shape index (κ3) is 4.10. The van der Waals surface area contributed by atoms with Crippen molar-refractivity contribution in [2.24, 2.45) is 5.73 Å². The van der Waals surface area contributed by atoms with Crippen LogP contribution in [0.2, 0.25) is 0 Å². The summed E-state index contributed by atoms with van der Waals surface area (Å²) in [5.41, 5.74) is 8.80. The average Bonchev–Trinajstić information content (AvgIpc) is 2.72. The largest absolute Gasteiger partial charge is 0.496 e. The number of nitrogens with zero attached hydrogens (tertiary/aromatic N) is 2. The second-order valence-corrected chi connectivity index (χ2v) is 6.63. The number of primary amides is 1. The molecule has 3 aromatic rings. The number of carbonyl (C=O) groups is 1. The molecule has 134 valence electrons. The zero-order valence-electron chi connectivity index (χ0n) is 14.7. The van der Waals surface area contributed by atoms with E-state index in [1.807, 2.05) is 60.7 Å². The number of rotatable bonds is 6. The number of amides is 1.